The summed E-state index contributed by atoms with van der Waals surface area (Å²) in [5.41, 5.74) is -0.351. The van der Waals surface area contributed by atoms with Crippen LogP contribution < -0.4 is 10.1 Å². The van der Waals surface area contributed by atoms with E-state index < -0.39 is 23.8 Å². The molecule has 1 aromatic heterocycles. The summed E-state index contributed by atoms with van der Waals surface area (Å²) >= 11 is 0. The third-order valence-electron chi connectivity index (χ3n) is 3.44. The lowest BCUT2D eigenvalue weighted by molar-refractivity contribution is -0.137. The van der Waals surface area contributed by atoms with Gasteiger partial charge < -0.3 is 20.1 Å². The van der Waals surface area contributed by atoms with Crippen molar-refractivity contribution >= 4 is 11.7 Å². The molecule has 0 fully saturated rings. The summed E-state index contributed by atoms with van der Waals surface area (Å²) in [6.45, 7) is 0.886. The number of alkyl halides is 3. The number of amides is 1. The van der Waals surface area contributed by atoms with Crippen molar-refractivity contribution in [3.63, 3.8) is 0 Å². The zero-order valence-electron chi connectivity index (χ0n) is 13.8. The second kappa shape index (κ2) is 8.05. The highest BCUT2D eigenvalue weighted by Gasteiger charge is 2.30. The molecule has 1 heterocycles. The molecule has 26 heavy (non-hydrogen) atoms. The van der Waals surface area contributed by atoms with Crippen molar-refractivity contribution in [2.24, 2.45) is 0 Å². The van der Waals surface area contributed by atoms with Crippen LogP contribution in [0, 0.1) is 0 Å². The molecule has 0 saturated carbocycles. The first kappa shape index (κ1) is 19.5. The Labute approximate surface area is 147 Å². The summed E-state index contributed by atoms with van der Waals surface area (Å²) in [5, 5.41) is 12.2. The van der Waals surface area contributed by atoms with E-state index in [1.807, 2.05) is 0 Å². The molecule has 0 bridgehead atoms. The standard InChI is InChI=1S/C17H17F3N2O4/c1-10(23)11-5-15(21-7-11)16(25)22-8-13(24)9-26-14-4-2-3-12(6-14)17(18,19)20/h2-7,13,21,24H,8-9H2,1H3,(H,22,25)/t13-/m1/s1. The van der Waals surface area contributed by atoms with E-state index in [4.69, 9.17) is 4.74 Å². The van der Waals surface area contributed by atoms with Gasteiger partial charge in [0.25, 0.3) is 5.91 Å². The molecule has 2 rings (SSSR count). The van der Waals surface area contributed by atoms with Crippen LogP contribution in [0.25, 0.3) is 0 Å². The molecule has 0 radical (unpaired) electrons. The van der Waals surface area contributed by atoms with Gasteiger partial charge in [0.2, 0.25) is 0 Å². The maximum absolute atomic E-state index is 12.6. The molecule has 2 aromatic rings. The van der Waals surface area contributed by atoms with Crippen molar-refractivity contribution < 1.29 is 32.6 Å². The van der Waals surface area contributed by atoms with Gasteiger partial charge in [-0.2, -0.15) is 13.2 Å². The second-order valence-electron chi connectivity index (χ2n) is 5.56. The minimum absolute atomic E-state index is 0.0410. The second-order valence-corrected chi connectivity index (χ2v) is 5.56. The van der Waals surface area contributed by atoms with Crippen molar-refractivity contribution in [1.82, 2.24) is 10.3 Å². The SMILES string of the molecule is CC(=O)c1c[nH]c(C(=O)NC[C@@H](O)COc2cccc(C(F)(F)F)c2)c1. The van der Waals surface area contributed by atoms with E-state index in [0.717, 1.165) is 12.1 Å². The first-order chi connectivity index (χ1) is 12.2. The monoisotopic (exact) mass is 370 g/mol. The van der Waals surface area contributed by atoms with E-state index in [-0.39, 0.29) is 30.4 Å². The lowest BCUT2D eigenvalue weighted by Crippen LogP contribution is -2.35. The highest BCUT2D eigenvalue weighted by atomic mass is 19.4. The highest BCUT2D eigenvalue weighted by Crippen LogP contribution is 2.31. The smallest absolute Gasteiger partial charge is 0.416 e. The number of ketones is 1. The molecule has 140 valence electrons. The number of halogens is 3. The summed E-state index contributed by atoms with van der Waals surface area (Å²) in [6, 6.07) is 5.65. The summed E-state index contributed by atoms with van der Waals surface area (Å²) in [4.78, 5) is 25.7. The first-order valence-electron chi connectivity index (χ1n) is 7.62. The predicted molar refractivity (Wildman–Crippen MR) is 86.1 cm³/mol. The molecule has 3 N–H and O–H groups in total. The van der Waals surface area contributed by atoms with Crippen LogP contribution in [0.4, 0.5) is 13.2 Å². The number of carbonyl (C=O) groups is 2. The molecule has 1 amide bonds. The molecular weight excluding hydrogens is 353 g/mol. The number of ether oxygens (including phenoxy) is 1. The van der Waals surface area contributed by atoms with Crippen LogP contribution in [0.2, 0.25) is 0 Å². The number of carbonyl (C=O) groups excluding carboxylic acids is 2. The van der Waals surface area contributed by atoms with Gasteiger partial charge in [-0.3, -0.25) is 9.59 Å². The van der Waals surface area contributed by atoms with Gasteiger partial charge in [-0.1, -0.05) is 6.07 Å². The maximum Gasteiger partial charge on any atom is 0.416 e. The average Bonchev–Trinajstić information content (AvgIpc) is 3.08. The predicted octanol–water partition coefficient (Wildman–Crippen LogP) is 2.41. The van der Waals surface area contributed by atoms with Gasteiger partial charge in [-0.05, 0) is 31.2 Å². The van der Waals surface area contributed by atoms with Gasteiger partial charge >= 0.3 is 6.18 Å². The number of hydrogen-bond donors (Lipinski definition) is 3. The number of hydrogen-bond acceptors (Lipinski definition) is 4. The molecule has 0 aliphatic heterocycles. The van der Waals surface area contributed by atoms with Crippen LogP contribution in [0.3, 0.4) is 0 Å². The third-order valence-corrected chi connectivity index (χ3v) is 3.44. The summed E-state index contributed by atoms with van der Waals surface area (Å²) in [7, 11) is 0. The largest absolute Gasteiger partial charge is 0.491 e. The number of nitrogens with one attached hydrogen (secondary N) is 2. The van der Waals surface area contributed by atoms with E-state index in [1.165, 1.54) is 31.3 Å². The van der Waals surface area contributed by atoms with Crippen LogP contribution in [-0.2, 0) is 6.18 Å². The van der Waals surface area contributed by atoms with Crippen LogP contribution in [-0.4, -0.2) is 41.0 Å². The van der Waals surface area contributed by atoms with Crippen molar-refractivity contribution in [2.45, 2.75) is 19.2 Å². The molecule has 0 spiro atoms. The topological polar surface area (TPSA) is 91.4 Å². The van der Waals surface area contributed by atoms with Gasteiger partial charge in [0.1, 0.15) is 24.2 Å². The van der Waals surface area contributed by atoms with E-state index >= 15 is 0 Å². The lowest BCUT2D eigenvalue weighted by Gasteiger charge is -2.14. The number of benzene rings is 1. The fourth-order valence-corrected chi connectivity index (χ4v) is 2.05. The number of aliphatic hydroxyl groups excluding tert-OH is 1. The Kier molecular flexibility index (Phi) is 6.04. The van der Waals surface area contributed by atoms with Gasteiger partial charge in [-0.25, -0.2) is 0 Å². The quantitative estimate of drug-likeness (QED) is 0.653. The Balaban J connectivity index is 1.82. The summed E-state index contributed by atoms with van der Waals surface area (Å²) in [6.07, 6.45) is -4.22. The van der Waals surface area contributed by atoms with Crippen molar-refractivity contribution in [3.8, 4) is 5.75 Å². The number of H-pyrrole nitrogens is 1. The average molecular weight is 370 g/mol. The van der Waals surface area contributed by atoms with Crippen molar-refractivity contribution in [2.75, 3.05) is 13.2 Å². The van der Waals surface area contributed by atoms with Gasteiger partial charge in [0, 0.05) is 18.3 Å². The zero-order valence-corrected chi connectivity index (χ0v) is 13.8. The Morgan fingerprint density at radius 2 is 2.04 bits per heavy atom. The Morgan fingerprint density at radius 1 is 1.31 bits per heavy atom. The molecule has 1 aromatic carbocycles. The van der Waals surface area contributed by atoms with E-state index in [9.17, 15) is 27.9 Å². The highest BCUT2D eigenvalue weighted by molar-refractivity contribution is 5.99. The van der Waals surface area contributed by atoms with Crippen molar-refractivity contribution in [1.29, 1.82) is 0 Å². The Hall–Kier alpha value is -2.81. The fourth-order valence-electron chi connectivity index (χ4n) is 2.05. The Bertz CT molecular complexity index is 786. The number of rotatable bonds is 7. The van der Waals surface area contributed by atoms with Crippen LogP contribution in [0.5, 0.6) is 5.75 Å². The maximum atomic E-state index is 12.6. The van der Waals surface area contributed by atoms with Crippen molar-refractivity contribution in [3.05, 3.63) is 53.3 Å². The molecule has 9 heteroatoms. The van der Waals surface area contributed by atoms with Gasteiger partial charge in [0.15, 0.2) is 5.78 Å². The third kappa shape index (κ3) is 5.35. The fraction of sp³-hybridized carbons (Fsp3) is 0.294. The number of Topliss-reactive ketones (excluding diaryl/α,β-unsaturated/α-hetero) is 1. The lowest BCUT2D eigenvalue weighted by atomic mass is 10.2. The minimum Gasteiger partial charge on any atom is -0.491 e. The normalized spacial score (nSPS) is 12.5. The first-order valence-corrected chi connectivity index (χ1v) is 7.62. The van der Waals surface area contributed by atoms with E-state index in [0.29, 0.717) is 5.56 Å². The number of aromatic nitrogens is 1. The molecule has 0 aliphatic carbocycles. The van der Waals surface area contributed by atoms with Crippen LogP contribution in [0.1, 0.15) is 33.3 Å². The molecule has 0 aliphatic rings. The summed E-state index contributed by atoms with van der Waals surface area (Å²) in [5.74, 6) is -0.772. The van der Waals surface area contributed by atoms with E-state index in [1.54, 1.807) is 0 Å². The minimum atomic E-state index is -4.49. The number of aliphatic hydroxyl groups is 1. The molecule has 0 saturated heterocycles. The molecule has 6 nitrogen and oxygen atoms in total. The summed E-state index contributed by atoms with van der Waals surface area (Å²) < 4.78 is 43.0. The number of aromatic amines is 1. The van der Waals surface area contributed by atoms with Gasteiger partial charge in [-0.15, -0.1) is 0 Å². The van der Waals surface area contributed by atoms with Crippen LogP contribution >= 0.6 is 0 Å². The molecular formula is C17H17F3N2O4. The van der Waals surface area contributed by atoms with Gasteiger partial charge in [0.05, 0.1) is 5.56 Å². The molecule has 0 unspecified atom stereocenters. The zero-order chi connectivity index (χ0) is 19.3. The Morgan fingerprint density at radius 3 is 2.65 bits per heavy atom. The molecule has 1 atom stereocenters. The van der Waals surface area contributed by atoms with Crippen LogP contribution in [0.15, 0.2) is 36.5 Å². The van der Waals surface area contributed by atoms with E-state index in [2.05, 4.69) is 10.3 Å².